The van der Waals surface area contributed by atoms with Crippen LogP contribution in [0.4, 0.5) is 4.79 Å². The van der Waals surface area contributed by atoms with Crippen LogP contribution in [0, 0.1) is 0 Å². The number of hydrogen-bond donors (Lipinski definition) is 1. The fraction of sp³-hybridized carbons (Fsp3) is 0.333. The summed E-state index contributed by atoms with van der Waals surface area (Å²) in [5.74, 6) is -0.321. The van der Waals surface area contributed by atoms with Crippen LogP contribution in [0.2, 0.25) is 0 Å². The minimum Gasteiger partial charge on any atom is -0.458 e. The van der Waals surface area contributed by atoms with Crippen molar-refractivity contribution >= 4 is 23.7 Å². The van der Waals surface area contributed by atoms with Crippen molar-refractivity contribution in [3.05, 3.63) is 35.9 Å². The topological polar surface area (TPSA) is 97.3 Å². The summed E-state index contributed by atoms with van der Waals surface area (Å²) >= 11 is 0. The minimum atomic E-state index is -0.509. The molecule has 1 aromatic carbocycles. The Balaban J connectivity index is 1.49. The van der Waals surface area contributed by atoms with Crippen molar-refractivity contribution in [3.8, 4) is 0 Å². The Hall–Kier alpha value is -2.90. The molecule has 23 heavy (non-hydrogen) atoms. The molecular weight excluding hydrogens is 302 g/mol. The number of benzene rings is 1. The number of amidine groups is 1. The predicted molar refractivity (Wildman–Crippen MR) is 78.5 cm³/mol. The lowest BCUT2D eigenvalue weighted by molar-refractivity contribution is -0.121. The summed E-state index contributed by atoms with van der Waals surface area (Å²) < 4.78 is 5.18. The molecule has 1 unspecified atom stereocenters. The number of nitrogens with one attached hydrogen (secondary N) is 1. The number of carbonyl (C=O) groups is 3. The number of nitrogens with zero attached hydrogens (tertiary/aromatic N) is 2. The van der Waals surface area contributed by atoms with Crippen molar-refractivity contribution in [1.29, 1.82) is 0 Å². The van der Waals surface area contributed by atoms with Gasteiger partial charge in [-0.15, -0.1) is 0 Å². The van der Waals surface area contributed by atoms with Crippen LogP contribution in [-0.2, 0) is 14.4 Å². The van der Waals surface area contributed by atoms with Crippen molar-refractivity contribution in [2.75, 3.05) is 13.2 Å². The van der Waals surface area contributed by atoms with Gasteiger partial charge in [-0.2, -0.15) is 0 Å². The number of ether oxygens (including phenoxy) is 1. The largest absolute Gasteiger partial charge is 0.458 e. The highest BCUT2D eigenvalue weighted by Gasteiger charge is 2.33. The summed E-state index contributed by atoms with van der Waals surface area (Å²) in [6, 6.07) is 8.13. The minimum absolute atomic E-state index is 0.0368. The average Bonchev–Trinajstić information content (AvgIpc) is 3.02. The molecule has 0 radical (unpaired) electrons. The SMILES string of the molecule is O=C1CCN(C2=NOC(COC(=O)c3ccccc3)C2)C(=O)N1. The summed E-state index contributed by atoms with van der Waals surface area (Å²) in [7, 11) is 0. The van der Waals surface area contributed by atoms with E-state index in [-0.39, 0.29) is 25.5 Å². The molecule has 0 saturated carbocycles. The van der Waals surface area contributed by atoms with Gasteiger partial charge in [0.05, 0.1) is 12.0 Å². The molecule has 120 valence electrons. The Kier molecular flexibility index (Phi) is 4.22. The first-order valence-electron chi connectivity index (χ1n) is 7.19. The van der Waals surface area contributed by atoms with Crippen molar-refractivity contribution in [2.24, 2.45) is 5.16 Å². The predicted octanol–water partition coefficient (Wildman–Crippen LogP) is 0.888. The Morgan fingerprint density at radius 2 is 2.13 bits per heavy atom. The number of oxime groups is 1. The van der Waals surface area contributed by atoms with Crippen molar-refractivity contribution in [3.63, 3.8) is 0 Å². The molecule has 8 nitrogen and oxygen atoms in total. The molecule has 0 aliphatic carbocycles. The number of imide groups is 1. The summed E-state index contributed by atoms with van der Waals surface area (Å²) in [6.07, 6.45) is 0.116. The first-order valence-corrected chi connectivity index (χ1v) is 7.19. The zero-order chi connectivity index (χ0) is 16.2. The maximum absolute atomic E-state index is 11.8. The molecule has 1 saturated heterocycles. The van der Waals surface area contributed by atoms with Crippen molar-refractivity contribution in [2.45, 2.75) is 18.9 Å². The lowest BCUT2D eigenvalue weighted by Gasteiger charge is -2.25. The lowest BCUT2D eigenvalue weighted by Crippen LogP contribution is -2.51. The Bertz CT molecular complexity index is 658. The Morgan fingerprint density at radius 3 is 2.87 bits per heavy atom. The number of esters is 1. The molecular formula is C15H15N3O5. The van der Waals surface area contributed by atoms with E-state index >= 15 is 0 Å². The second-order valence-electron chi connectivity index (χ2n) is 5.16. The molecule has 1 N–H and O–H groups in total. The lowest BCUT2D eigenvalue weighted by atomic mass is 10.2. The van der Waals surface area contributed by atoms with E-state index < -0.39 is 18.1 Å². The third kappa shape index (κ3) is 3.47. The zero-order valence-corrected chi connectivity index (χ0v) is 12.2. The Morgan fingerprint density at radius 1 is 1.35 bits per heavy atom. The van der Waals surface area contributed by atoms with E-state index in [1.165, 1.54) is 4.90 Å². The van der Waals surface area contributed by atoms with Gasteiger partial charge in [-0.3, -0.25) is 15.0 Å². The van der Waals surface area contributed by atoms with E-state index in [9.17, 15) is 14.4 Å². The van der Waals surface area contributed by atoms with Crippen LogP contribution in [0.25, 0.3) is 0 Å². The van der Waals surface area contributed by atoms with Gasteiger partial charge in [-0.1, -0.05) is 23.4 Å². The number of urea groups is 1. The standard InChI is InChI=1S/C15H15N3O5/c19-13-6-7-18(15(21)16-13)12-8-11(23-17-12)9-22-14(20)10-4-2-1-3-5-10/h1-5,11H,6-9H2,(H,16,19,21). The molecule has 8 heteroatoms. The molecule has 2 aliphatic rings. The third-order valence-corrected chi connectivity index (χ3v) is 3.49. The van der Waals surface area contributed by atoms with E-state index in [0.717, 1.165) is 0 Å². The van der Waals surface area contributed by atoms with Crippen LogP contribution < -0.4 is 5.32 Å². The second-order valence-corrected chi connectivity index (χ2v) is 5.16. The summed E-state index contributed by atoms with van der Waals surface area (Å²) in [4.78, 5) is 41.2. The van der Waals surface area contributed by atoms with Gasteiger partial charge in [0.15, 0.2) is 11.9 Å². The van der Waals surface area contributed by atoms with Gasteiger partial charge in [0.2, 0.25) is 5.91 Å². The zero-order valence-electron chi connectivity index (χ0n) is 12.2. The smallest absolute Gasteiger partial charge is 0.338 e. The van der Waals surface area contributed by atoms with Crippen molar-refractivity contribution in [1.82, 2.24) is 10.2 Å². The first kappa shape index (κ1) is 15.0. The van der Waals surface area contributed by atoms with Crippen LogP contribution in [0.5, 0.6) is 0 Å². The average molecular weight is 317 g/mol. The monoisotopic (exact) mass is 317 g/mol. The number of carbonyl (C=O) groups excluding carboxylic acids is 3. The van der Waals surface area contributed by atoms with Gasteiger partial charge in [0, 0.05) is 13.0 Å². The number of hydrogen-bond acceptors (Lipinski definition) is 6. The second kappa shape index (κ2) is 6.47. The van der Waals surface area contributed by atoms with E-state index in [0.29, 0.717) is 17.8 Å². The highest BCUT2D eigenvalue weighted by molar-refractivity contribution is 6.06. The van der Waals surface area contributed by atoms with Crippen LogP contribution in [0.3, 0.4) is 0 Å². The first-order chi connectivity index (χ1) is 11.1. The van der Waals surface area contributed by atoms with E-state index in [4.69, 9.17) is 9.57 Å². The molecule has 0 aromatic heterocycles. The fourth-order valence-corrected chi connectivity index (χ4v) is 2.30. The van der Waals surface area contributed by atoms with Crippen LogP contribution in [-0.4, -0.2) is 47.9 Å². The molecule has 3 rings (SSSR count). The maximum atomic E-state index is 11.8. The van der Waals surface area contributed by atoms with Gasteiger partial charge in [-0.05, 0) is 12.1 Å². The van der Waals surface area contributed by atoms with E-state index in [1.807, 2.05) is 6.07 Å². The normalized spacial score (nSPS) is 20.6. The summed E-state index contributed by atoms with van der Waals surface area (Å²) in [5.41, 5.74) is 0.459. The highest BCUT2D eigenvalue weighted by atomic mass is 16.7. The van der Waals surface area contributed by atoms with E-state index in [1.54, 1.807) is 24.3 Å². The molecule has 3 amide bonds. The number of amides is 3. The molecule has 0 spiro atoms. The van der Waals surface area contributed by atoms with Crippen LogP contribution in [0.15, 0.2) is 35.5 Å². The van der Waals surface area contributed by atoms with Gasteiger partial charge in [0.1, 0.15) is 6.61 Å². The molecule has 0 bridgehead atoms. The highest BCUT2D eigenvalue weighted by Crippen LogP contribution is 2.16. The summed E-state index contributed by atoms with van der Waals surface area (Å²) in [5, 5.41) is 6.07. The molecule has 2 aliphatic heterocycles. The third-order valence-electron chi connectivity index (χ3n) is 3.49. The van der Waals surface area contributed by atoms with Crippen LogP contribution >= 0.6 is 0 Å². The van der Waals surface area contributed by atoms with Gasteiger partial charge < -0.3 is 9.57 Å². The summed E-state index contributed by atoms with van der Waals surface area (Å²) in [6.45, 7) is 0.304. The fourth-order valence-electron chi connectivity index (χ4n) is 2.30. The van der Waals surface area contributed by atoms with Gasteiger partial charge in [0.25, 0.3) is 0 Å². The molecule has 1 atom stereocenters. The van der Waals surface area contributed by atoms with Crippen molar-refractivity contribution < 1.29 is 24.0 Å². The van der Waals surface area contributed by atoms with Gasteiger partial charge >= 0.3 is 12.0 Å². The van der Waals surface area contributed by atoms with E-state index in [2.05, 4.69) is 10.5 Å². The maximum Gasteiger partial charge on any atom is 0.338 e. The van der Waals surface area contributed by atoms with Gasteiger partial charge in [-0.25, -0.2) is 9.59 Å². The number of rotatable bonds is 3. The van der Waals surface area contributed by atoms with Crippen LogP contribution in [0.1, 0.15) is 23.2 Å². The molecule has 2 heterocycles. The quantitative estimate of drug-likeness (QED) is 0.835. The Labute approximate surface area is 132 Å². The molecule has 1 fully saturated rings. The molecule has 1 aromatic rings.